The van der Waals surface area contributed by atoms with Crippen LogP contribution < -0.4 is 16.0 Å². The molecule has 1 fully saturated rings. The lowest BCUT2D eigenvalue weighted by Gasteiger charge is -2.21. The number of Topliss-reactive ketones (excluding diaryl/α,β-unsaturated/α-hetero) is 1. The summed E-state index contributed by atoms with van der Waals surface area (Å²) in [5.74, 6) is -1.66. The molecule has 3 amide bonds. The van der Waals surface area contributed by atoms with Gasteiger partial charge >= 0.3 is 6.09 Å². The number of rotatable bonds is 7. The van der Waals surface area contributed by atoms with Crippen molar-refractivity contribution >= 4 is 35.3 Å². The molecule has 1 aliphatic rings. The molecular formula is C15H24ClN3O5. The van der Waals surface area contributed by atoms with E-state index in [1.165, 1.54) is 0 Å². The van der Waals surface area contributed by atoms with Gasteiger partial charge in [0.2, 0.25) is 11.8 Å². The van der Waals surface area contributed by atoms with E-state index in [9.17, 15) is 19.2 Å². The lowest BCUT2D eigenvalue weighted by atomic mass is 9.96. The first-order chi connectivity index (χ1) is 11.1. The second-order valence-electron chi connectivity index (χ2n) is 6.59. The van der Waals surface area contributed by atoms with Gasteiger partial charge in [0.25, 0.3) is 0 Å². The van der Waals surface area contributed by atoms with Gasteiger partial charge in [-0.3, -0.25) is 14.4 Å². The molecule has 9 heteroatoms. The predicted octanol–water partition coefficient (Wildman–Crippen LogP) is 0.330. The second kappa shape index (κ2) is 8.86. The summed E-state index contributed by atoms with van der Waals surface area (Å²) >= 11 is 5.56. The van der Waals surface area contributed by atoms with Gasteiger partial charge in [-0.05, 0) is 33.6 Å². The third kappa shape index (κ3) is 7.16. The van der Waals surface area contributed by atoms with Crippen molar-refractivity contribution < 1.29 is 23.9 Å². The highest BCUT2D eigenvalue weighted by Crippen LogP contribution is 2.17. The number of nitrogens with one attached hydrogen (secondary N) is 3. The van der Waals surface area contributed by atoms with Crippen molar-refractivity contribution in [3.05, 3.63) is 0 Å². The maximum Gasteiger partial charge on any atom is 0.408 e. The van der Waals surface area contributed by atoms with Crippen LogP contribution in [-0.2, 0) is 19.1 Å². The zero-order valence-electron chi connectivity index (χ0n) is 14.1. The number of ketones is 1. The molecule has 8 nitrogen and oxygen atoms in total. The summed E-state index contributed by atoms with van der Waals surface area (Å²) in [6.45, 7) is 5.33. The average Bonchev–Trinajstić information content (AvgIpc) is 2.87. The molecule has 2 atom stereocenters. The lowest BCUT2D eigenvalue weighted by Crippen LogP contribution is -2.47. The highest BCUT2D eigenvalue weighted by Gasteiger charge is 2.30. The van der Waals surface area contributed by atoms with Crippen LogP contribution >= 0.6 is 11.6 Å². The van der Waals surface area contributed by atoms with Gasteiger partial charge in [0.15, 0.2) is 5.78 Å². The van der Waals surface area contributed by atoms with Crippen molar-refractivity contribution in [2.75, 3.05) is 19.0 Å². The van der Waals surface area contributed by atoms with Crippen molar-refractivity contribution in [2.45, 2.75) is 45.3 Å². The van der Waals surface area contributed by atoms with E-state index in [0.717, 1.165) is 0 Å². The summed E-state index contributed by atoms with van der Waals surface area (Å²) in [4.78, 5) is 46.9. The van der Waals surface area contributed by atoms with E-state index in [4.69, 9.17) is 16.3 Å². The van der Waals surface area contributed by atoms with Gasteiger partial charge < -0.3 is 20.7 Å². The van der Waals surface area contributed by atoms with Gasteiger partial charge in [0.1, 0.15) is 12.1 Å². The molecule has 3 N–H and O–H groups in total. The highest BCUT2D eigenvalue weighted by atomic mass is 35.5. The molecule has 1 aliphatic heterocycles. The summed E-state index contributed by atoms with van der Waals surface area (Å²) < 4.78 is 5.01. The van der Waals surface area contributed by atoms with Crippen LogP contribution in [0.3, 0.4) is 0 Å². The Balaban J connectivity index is 2.50. The molecule has 136 valence electrons. The minimum Gasteiger partial charge on any atom is -0.444 e. The molecule has 0 aromatic rings. The van der Waals surface area contributed by atoms with Crippen molar-refractivity contribution in [3.8, 4) is 0 Å². The summed E-state index contributed by atoms with van der Waals surface area (Å²) in [6, 6.07) is -0.857. The number of halogens is 1. The molecule has 0 unspecified atom stereocenters. The van der Waals surface area contributed by atoms with E-state index in [-0.39, 0.29) is 36.5 Å². The number of hydrogen-bond acceptors (Lipinski definition) is 5. The quantitative estimate of drug-likeness (QED) is 0.565. The molecule has 0 saturated carbocycles. The SMILES string of the molecule is CC(C)(C)OC(=O)NCC(=O)N[C@@H](C[C@@H]1CCNC1=O)C(=O)CCl. The van der Waals surface area contributed by atoms with Gasteiger partial charge in [-0.15, -0.1) is 11.6 Å². The molecule has 1 saturated heterocycles. The van der Waals surface area contributed by atoms with E-state index in [1.807, 2.05) is 0 Å². The largest absolute Gasteiger partial charge is 0.444 e. The Morgan fingerprint density at radius 3 is 2.54 bits per heavy atom. The Hall–Kier alpha value is -1.83. The Labute approximate surface area is 146 Å². The normalized spacial score (nSPS) is 18.5. The van der Waals surface area contributed by atoms with Crippen molar-refractivity contribution in [1.82, 2.24) is 16.0 Å². The van der Waals surface area contributed by atoms with Crippen LogP contribution in [0.25, 0.3) is 0 Å². The fourth-order valence-corrected chi connectivity index (χ4v) is 2.42. The van der Waals surface area contributed by atoms with Crippen LogP contribution in [-0.4, -0.2) is 54.3 Å². The smallest absolute Gasteiger partial charge is 0.408 e. The fraction of sp³-hybridized carbons (Fsp3) is 0.733. The van der Waals surface area contributed by atoms with Gasteiger partial charge in [-0.1, -0.05) is 0 Å². The van der Waals surface area contributed by atoms with Gasteiger partial charge in [-0.2, -0.15) is 0 Å². The highest BCUT2D eigenvalue weighted by molar-refractivity contribution is 6.28. The zero-order valence-corrected chi connectivity index (χ0v) is 14.9. The number of carbonyl (C=O) groups excluding carboxylic acids is 4. The maximum atomic E-state index is 11.9. The number of amides is 3. The molecule has 0 aromatic carbocycles. The molecule has 0 aliphatic carbocycles. The van der Waals surface area contributed by atoms with Crippen LogP contribution in [0.1, 0.15) is 33.6 Å². The predicted molar refractivity (Wildman–Crippen MR) is 87.6 cm³/mol. The average molecular weight is 362 g/mol. The monoisotopic (exact) mass is 361 g/mol. The number of carbonyl (C=O) groups is 4. The van der Waals surface area contributed by atoms with Crippen LogP contribution in [0, 0.1) is 5.92 Å². The van der Waals surface area contributed by atoms with Crippen LogP contribution in [0.4, 0.5) is 4.79 Å². The topological polar surface area (TPSA) is 114 Å². The van der Waals surface area contributed by atoms with Gasteiger partial charge in [0.05, 0.1) is 11.9 Å². The maximum absolute atomic E-state index is 11.9. The van der Waals surface area contributed by atoms with Crippen LogP contribution in [0.5, 0.6) is 0 Å². The van der Waals surface area contributed by atoms with Crippen LogP contribution in [0.15, 0.2) is 0 Å². The Bertz CT molecular complexity index is 504. The van der Waals surface area contributed by atoms with Crippen LogP contribution in [0.2, 0.25) is 0 Å². The fourth-order valence-electron chi connectivity index (χ4n) is 2.23. The summed E-state index contributed by atoms with van der Waals surface area (Å²) in [5, 5.41) is 7.49. The molecule has 0 spiro atoms. The first-order valence-electron chi connectivity index (χ1n) is 7.75. The minimum absolute atomic E-state index is 0.136. The Morgan fingerprint density at radius 2 is 2.04 bits per heavy atom. The molecule has 0 aromatic heterocycles. The number of ether oxygens (including phenoxy) is 1. The number of alkyl carbamates (subject to hydrolysis) is 1. The van der Waals surface area contributed by atoms with Crippen molar-refractivity contribution in [2.24, 2.45) is 5.92 Å². The zero-order chi connectivity index (χ0) is 18.3. The lowest BCUT2D eigenvalue weighted by molar-refractivity contribution is -0.128. The van der Waals surface area contributed by atoms with Crippen molar-refractivity contribution in [3.63, 3.8) is 0 Å². The van der Waals surface area contributed by atoms with E-state index >= 15 is 0 Å². The number of hydrogen-bond donors (Lipinski definition) is 3. The second-order valence-corrected chi connectivity index (χ2v) is 6.86. The minimum atomic E-state index is -0.857. The van der Waals surface area contributed by atoms with Gasteiger partial charge in [0, 0.05) is 12.5 Å². The first kappa shape index (κ1) is 20.2. The van der Waals surface area contributed by atoms with Crippen molar-refractivity contribution in [1.29, 1.82) is 0 Å². The molecule has 0 bridgehead atoms. The Morgan fingerprint density at radius 1 is 1.38 bits per heavy atom. The third-order valence-corrected chi connectivity index (χ3v) is 3.59. The first-order valence-corrected chi connectivity index (χ1v) is 8.28. The van der Waals surface area contributed by atoms with E-state index in [1.54, 1.807) is 20.8 Å². The van der Waals surface area contributed by atoms with E-state index in [2.05, 4.69) is 16.0 Å². The molecule has 1 rings (SSSR count). The Kier molecular flexibility index (Phi) is 7.47. The molecular weight excluding hydrogens is 338 g/mol. The van der Waals surface area contributed by atoms with E-state index < -0.39 is 23.6 Å². The molecule has 1 heterocycles. The number of alkyl halides is 1. The summed E-state index contributed by atoms with van der Waals surface area (Å²) in [5.41, 5.74) is -0.673. The van der Waals surface area contributed by atoms with Gasteiger partial charge in [-0.25, -0.2) is 4.79 Å². The summed E-state index contributed by atoms with van der Waals surface area (Å²) in [6.07, 6.45) is 0.0694. The third-order valence-electron chi connectivity index (χ3n) is 3.33. The van der Waals surface area contributed by atoms with E-state index in [0.29, 0.717) is 13.0 Å². The summed E-state index contributed by atoms with van der Waals surface area (Å²) in [7, 11) is 0. The standard InChI is InChI=1S/C15H24ClN3O5/c1-15(2,3)24-14(23)18-8-12(21)19-10(11(20)7-16)6-9-4-5-17-13(9)22/h9-10H,4-8H2,1-3H3,(H,17,22)(H,18,23)(H,19,21)/t9-,10-/m0/s1. The molecule has 24 heavy (non-hydrogen) atoms. The molecule has 0 radical (unpaired) electrons.